The molecule has 29 heavy (non-hydrogen) atoms. The SMILES string of the molecule is CCCOc1c(Cl)cc(C=Nc2c(C)n(C)n(-c3ccccc3)c2=O)cc1OC. The van der Waals surface area contributed by atoms with E-state index in [1.807, 2.05) is 51.2 Å². The molecule has 0 unspecified atom stereocenters. The molecule has 0 aliphatic rings. The molecule has 0 bridgehead atoms. The minimum absolute atomic E-state index is 0.187. The summed E-state index contributed by atoms with van der Waals surface area (Å²) in [5.41, 5.74) is 2.44. The van der Waals surface area contributed by atoms with Gasteiger partial charge in [-0.3, -0.25) is 9.48 Å². The molecule has 0 radical (unpaired) electrons. The molecule has 1 heterocycles. The summed E-state index contributed by atoms with van der Waals surface area (Å²) in [6.07, 6.45) is 2.47. The number of rotatable bonds is 7. The molecule has 0 spiro atoms. The number of aromatic nitrogens is 2. The molecule has 2 aromatic carbocycles. The first kappa shape index (κ1) is 20.7. The Morgan fingerprint density at radius 2 is 1.93 bits per heavy atom. The van der Waals surface area contributed by atoms with Gasteiger partial charge in [-0.2, -0.15) is 0 Å². The summed E-state index contributed by atoms with van der Waals surface area (Å²) < 4.78 is 14.5. The highest BCUT2D eigenvalue weighted by Gasteiger charge is 2.16. The summed E-state index contributed by atoms with van der Waals surface area (Å²) in [7, 11) is 3.40. The number of hydrogen-bond donors (Lipinski definition) is 0. The Bertz CT molecular complexity index is 1080. The fourth-order valence-electron chi connectivity index (χ4n) is 3.00. The van der Waals surface area contributed by atoms with Gasteiger partial charge in [-0.1, -0.05) is 36.7 Å². The van der Waals surface area contributed by atoms with E-state index in [1.165, 1.54) is 0 Å². The molecule has 0 amide bonds. The molecule has 152 valence electrons. The maximum absolute atomic E-state index is 13.0. The second kappa shape index (κ2) is 9.01. The van der Waals surface area contributed by atoms with Gasteiger partial charge in [0.15, 0.2) is 17.2 Å². The van der Waals surface area contributed by atoms with Gasteiger partial charge in [0.1, 0.15) is 0 Å². The number of nitrogens with zero attached hydrogens (tertiary/aromatic N) is 3. The Balaban J connectivity index is 1.99. The first-order chi connectivity index (χ1) is 14.0. The topological polar surface area (TPSA) is 57.8 Å². The molecule has 0 saturated carbocycles. The lowest BCUT2D eigenvalue weighted by molar-refractivity contribution is 0.294. The molecule has 3 rings (SSSR count). The average Bonchev–Trinajstić information content (AvgIpc) is 2.94. The Labute approximate surface area is 175 Å². The van der Waals surface area contributed by atoms with Crippen molar-refractivity contribution >= 4 is 23.5 Å². The van der Waals surface area contributed by atoms with E-state index in [4.69, 9.17) is 21.1 Å². The lowest BCUT2D eigenvalue weighted by Crippen LogP contribution is -2.19. The summed E-state index contributed by atoms with van der Waals surface area (Å²) in [6.45, 7) is 4.43. The molecule has 0 aliphatic heterocycles. The predicted octanol–water partition coefficient (Wildman–Crippen LogP) is 4.69. The Morgan fingerprint density at radius 1 is 1.21 bits per heavy atom. The Hall–Kier alpha value is -2.99. The largest absolute Gasteiger partial charge is 0.493 e. The quantitative estimate of drug-likeness (QED) is 0.528. The zero-order chi connectivity index (χ0) is 21.0. The van der Waals surface area contributed by atoms with Gasteiger partial charge in [0.25, 0.3) is 5.56 Å². The first-order valence-corrected chi connectivity index (χ1v) is 9.74. The van der Waals surface area contributed by atoms with E-state index >= 15 is 0 Å². The van der Waals surface area contributed by atoms with Crippen molar-refractivity contribution in [1.29, 1.82) is 0 Å². The molecule has 1 aromatic heterocycles. The van der Waals surface area contributed by atoms with Crippen LogP contribution in [0.1, 0.15) is 24.6 Å². The smallest absolute Gasteiger partial charge is 0.297 e. The minimum Gasteiger partial charge on any atom is -0.493 e. The van der Waals surface area contributed by atoms with Crippen LogP contribution in [-0.2, 0) is 7.05 Å². The number of para-hydroxylation sites is 1. The van der Waals surface area contributed by atoms with Crippen LogP contribution in [0.25, 0.3) is 5.69 Å². The second-order valence-corrected chi connectivity index (χ2v) is 6.96. The van der Waals surface area contributed by atoms with Crippen LogP contribution < -0.4 is 15.0 Å². The van der Waals surface area contributed by atoms with Crippen molar-refractivity contribution in [2.24, 2.45) is 12.0 Å². The van der Waals surface area contributed by atoms with Gasteiger partial charge in [-0.15, -0.1) is 0 Å². The maximum Gasteiger partial charge on any atom is 0.297 e. The van der Waals surface area contributed by atoms with Crippen LogP contribution in [0.4, 0.5) is 5.69 Å². The van der Waals surface area contributed by atoms with Gasteiger partial charge in [0, 0.05) is 13.3 Å². The van der Waals surface area contributed by atoms with Crippen molar-refractivity contribution in [3.8, 4) is 17.2 Å². The van der Waals surface area contributed by atoms with Crippen molar-refractivity contribution in [2.45, 2.75) is 20.3 Å². The van der Waals surface area contributed by atoms with Gasteiger partial charge in [0.05, 0.1) is 30.1 Å². The van der Waals surface area contributed by atoms with E-state index in [0.29, 0.717) is 34.4 Å². The van der Waals surface area contributed by atoms with Crippen molar-refractivity contribution in [1.82, 2.24) is 9.36 Å². The number of hydrogen-bond acceptors (Lipinski definition) is 4. The van der Waals surface area contributed by atoms with Crippen molar-refractivity contribution < 1.29 is 9.47 Å². The summed E-state index contributed by atoms with van der Waals surface area (Å²) in [5.74, 6) is 1.04. The van der Waals surface area contributed by atoms with Crippen LogP contribution in [0.2, 0.25) is 5.02 Å². The molecule has 0 N–H and O–H groups in total. The summed E-state index contributed by atoms with van der Waals surface area (Å²) in [5, 5.41) is 0.436. The number of methoxy groups -OCH3 is 1. The Morgan fingerprint density at radius 3 is 2.59 bits per heavy atom. The minimum atomic E-state index is -0.187. The molecule has 0 atom stereocenters. The van der Waals surface area contributed by atoms with Crippen LogP contribution in [0.15, 0.2) is 52.3 Å². The highest BCUT2D eigenvalue weighted by Crippen LogP contribution is 2.36. The van der Waals surface area contributed by atoms with E-state index in [1.54, 1.807) is 34.8 Å². The van der Waals surface area contributed by atoms with Crippen molar-refractivity contribution in [3.63, 3.8) is 0 Å². The molecule has 7 heteroatoms. The van der Waals surface area contributed by atoms with Crippen molar-refractivity contribution in [3.05, 3.63) is 69.1 Å². The molecule has 6 nitrogen and oxygen atoms in total. The monoisotopic (exact) mass is 413 g/mol. The van der Waals surface area contributed by atoms with Gasteiger partial charge in [-0.05, 0) is 43.2 Å². The first-order valence-electron chi connectivity index (χ1n) is 9.36. The molecular weight excluding hydrogens is 390 g/mol. The standard InChI is InChI=1S/C22H24ClN3O3/c1-5-11-29-21-18(23)12-16(13-19(21)28-4)14-24-20-15(2)25(3)26(22(20)27)17-9-7-6-8-10-17/h6-10,12-14H,5,11H2,1-4H3. The van der Waals surface area contributed by atoms with Crippen LogP contribution in [0, 0.1) is 6.92 Å². The molecule has 0 fully saturated rings. The third-order valence-electron chi connectivity index (χ3n) is 4.57. The molecule has 0 saturated heterocycles. The van der Waals surface area contributed by atoms with Gasteiger partial charge < -0.3 is 9.47 Å². The fourth-order valence-corrected chi connectivity index (χ4v) is 3.27. The normalized spacial score (nSPS) is 11.2. The zero-order valence-corrected chi connectivity index (χ0v) is 17.7. The van der Waals surface area contributed by atoms with E-state index in [2.05, 4.69) is 4.99 Å². The van der Waals surface area contributed by atoms with Crippen LogP contribution >= 0.6 is 11.6 Å². The highest BCUT2D eigenvalue weighted by atomic mass is 35.5. The second-order valence-electron chi connectivity index (χ2n) is 6.55. The third kappa shape index (κ3) is 4.22. The number of aliphatic imine (C=N–C) groups is 1. The van der Waals surface area contributed by atoms with Gasteiger partial charge >= 0.3 is 0 Å². The van der Waals surface area contributed by atoms with E-state index in [-0.39, 0.29) is 5.56 Å². The van der Waals surface area contributed by atoms with Crippen LogP contribution in [0.3, 0.4) is 0 Å². The molecular formula is C22H24ClN3O3. The Kier molecular flexibility index (Phi) is 6.44. The summed E-state index contributed by atoms with van der Waals surface area (Å²) in [4.78, 5) is 17.4. The van der Waals surface area contributed by atoms with Crippen LogP contribution in [0.5, 0.6) is 11.5 Å². The lowest BCUT2D eigenvalue weighted by atomic mass is 10.2. The number of halogens is 1. The van der Waals surface area contributed by atoms with E-state index in [0.717, 1.165) is 17.8 Å². The van der Waals surface area contributed by atoms with Crippen molar-refractivity contribution in [2.75, 3.05) is 13.7 Å². The van der Waals surface area contributed by atoms with Gasteiger partial charge in [0.2, 0.25) is 0 Å². The molecule has 0 aliphatic carbocycles. The van der Waals surface area contributed by atoms with E-state index in [9.17, 15) is 4.79 Å². The predicted molar refractivity (Wildman–Crippen MR) is 117 cm³/mol. The van der Waals surface area contributed by atoms with Gasteiger partial charge in [-0.25, -0.2) is 9.67 Å². The van der Waals surface area contributed by atoms with Crippen LogP contribution in [-0.4, -0.2) is 29.3 Å². The fraction of sp³-hybridized carbons (Fsp3) is 0.273. The number of ether oxygens (including phenoxy) is 2. The van der Waals surface area contributed by atoms with E-state index < -0.39 is 0 Å². The maximum atomic E-state index is 13.0. The highest BCUT2D eigenvalue weighted by molar-refractivity contribution is 6.32. The third-order valence-corrected chi connectivity index (χ3v) is 4.85. The number of benzene rings is 2. The molecule has 3 aromatic rings. The average molecular weight is 414 g/mol. The zero-order valence-electron chi connectivity index (χ0n) is 17.0. The summed E-state index contributed by atoms with van der Waals surface area (Å²) in [6, 6.07) is 13.0. The lowest BCUT2D eigenvalue weighted by Gasteiger charge is -2.12. The summed E-state index contributed by atoms with van der Waals surface area (Å²) >= 11 is 6.37.